The van der Waals surface area contributed by atoms with Crippen molar-refractivity contribution in [1.82, 2.24) is 9.78 Å². The lowest BCUT2D eigenvalue weighted by molar-refractivity contribution is -0.383. The van der Waals surface area contributed by atoms with E-state index in [0.29, 0.717) is 17.4 Å². The molecule has 7 nitrogen and oxygen atoms in total. The van der Waals surface area contributed by atoms with Crippen molar-refractivity contribution in [3.05, 3.63) is 28.4 Å². The fourth-order valence-electron chi connectivity index (χ4n) is 1.60. The number of aromatic nitrogens is 2. The first-order valence-corrected chi connectivity index (χ1v) is 4.64. The number of nitro groups is 1. The second kappa shape index (κ2) is 3.78. The van der Waals surface area contributed by atoms with Crippen LogP contribution in [-0.2, 0) is 6.54 Å². The van der Waals surface area contributed by atoms with Crippen LogP contribution in [0, 0.1) is 10.1 Å². The first kappa shape index (κ1) is 10.4. The standard InChI is InChI=1S/C9H10N4O3/c10-9-6-5-11-12(3-4-14)7(6)1-2-8(9)13(15)16/h1-2,5,14H,3-4,10H2. The molecule has 0 unspecified atom stereocenters. The maximum absolute atomic E-state index is 10.7. The van der Waals surface area contributed by atoms with E-state index in [1.165, 1.54) is 12.3 Å². The summed E-state index contributed by atoms with van der Waals surface area (Å²) in [5, 5.41) is 24.0. The molecule has 1 aromatic heterocycles. The minimum absolute atomic E-state index is 0.0479. The maximum Gasteiger partial charge on any atom is 0.292 e. The summed E-state index contributed by atoms with van der Waals surface area (Å²) in [6.45, 7) is 0.286. The number of benzene rings is 1. The predicted octanol–water partition coefficient (Wildman–Crippen LogP) is 0.519. The van der Waals surface area contributed by atoms with Crippen molar-refractivity contribution in [2.45, 2.75) is 6.54 Å². The van der Waals surface area contributed by atoms with Gasteiger partial charge in [0, 0.05) is 11.5 Å². The highest BCUT2D eigenvalue weighted by molar-refractivity contribution is 5.95. The van der Waals surface area contributed by atoms with Gasteiger partial charge in [-0.1, -0.05) is 0 Å². The number of fused-ring (bicyclic) bond motifs is 1. The highest BCUT2D eigenvalue weighted by Gasteiger charge is 2.16. The van der Waals surface area contributed by atoms with E-state index in [1.54, 1.807) is 10.7 Å². The van der Waals surface area contributed by atoms with Crippen molar-refractivity contribution < 1.29 is 10.0 Å². The van der Waals surface area contributed by atoms with Gasteiger partial charge in [-0.2, -0.15) is 5.10 Å². The Labute approximate surface area is 90.2 Å². The zero-order valence-electron chi connectivity index (χ0n) is 8.33. The van der Waals surface area contributed by atoms with Crippen LogP contribution in [0.2, 0.25) is 0 Å². The number of hydrogen-bond acceptors (Lipinski definition) is 5. The first-order chi connectivity index (χ1) is 7.65. The van der Waals surface area contributed by atoms with Crippen LogP contribution >= 0.6 is 0 Å². The Hall–Kier alpha value is -2.15. The van der Waals surface area contributed by atoms with Gasteiger partial charge in [-0.05, 0) is 6.07 Å². The van der Waals surface area contributed by atoms with Crippen molar-refractivity contribution in [3.63, 3.8) is 0 Å². The second-order valence-electron chi connectivity index (χ2n) is 3.28. The molecule has 2 rings (SSSR count). The third-order valence-electron chi connectivity index (χ3n) is 2.35. The van der Waals surface area contributed by atoms with Gasteiger partial charge in [-0.3, -0.25) is 14.8 Å². The number of nitrogen functional groups attached to an aromatic ring is 1. The molecule has 16 heavy (non-hydrogen) atoms. The summed E-state index contributed by atoms with van der Waals surface area (Å²) in [7, 11) is 0. The average molecular weight is 222 g/mol. The minimum Gasteiger partial charge on any atom is -0.394 e. The lowest BCUT2D eigenvalue weighted by Crippen LogP contribution is -2.03. The summed E-state index contributed by atoms with van der Waals surface area (Å²) in [6.07, 6.45) is 1.47. The number of nitrogens with two attached hydrogens (primary N) is 1. The number of anilines is 1. The van der Waals surface area contributed by atoms with Gasteiger partial charge in [-0.15, -0.1) is 0 Å². The molecule has 0 radical (unpaired) electrons. The van der Waals surface area contributed by atoms with Gasteiger partial charge in [0.1, 0.15) is 5.69 Å². The number of hydrogen-bond donors (Lipinski definition) is 2. The molecule has 3 N–H and O–H groups in total. The summed E-state index contributed by atoms with van der Waals surface area (Å²) in [5.41, 5.74) is 6.32. The molecule has 0 aliphatic rings. The van der Waals surface area contributed by atoms with Gasteiger partial charge in [0.2, 0.25) is 0 Å². The van der Waals surface area contributed by atoms with Gasteiger partial charge >= 0.3 is 0 Å². The average Bonchev–Trinajstić information content (AvgIpc) is 2.63. The smallest absolute Gasteiger partial charge is 0.292 e. The predicted molar refractivity (Wildman–Crippen MR) is 57.9 cm³/mol. The first-order valence-electron chi connectivity index (χ1n) is 4.64. The number of aliphatic hydroxyl groups is 1. The van der Waals surface area contributed by atoms with E-state index in [9.17, 15) is 10.1 Å². The molecule has 0 aliphatic heterocycles. The van der Waals surface area contributed by atoms with Crippen LogP contribution in [0.4, 0.5) is 11.4 Å². The number of nitrogens with zero attached hydrogens (tertiary/aromatic N) is 3. The quantitative estimate of drug-likeness (QED) is 0.447. The van der Waals surface area contributed by atoms with Crippen LogP contribution in [0.1, 0.15) is 0 Å². The Bertz CT molecular complexity index is 549. The molecule has 84 valence electrons. The fourth-order valence-corrected chi connectivity index (χ4v) is 1.60. The largest absolute Gasteiger partial charge is 0.394 e. The fraction of sp³-hybridized carbons (Fsp3) is 0.222. The molecule has 0 amide bonds. The van der Waals surface area contributed by atoms with E-state index in [4.69, 9.17) is 10.8 Å². The monoisotopic (exact) mass is 222 g/mol. The molecule has 1 aromatic carbocycles. The molecule has 1 heterocycles. The van der Waals surface area contributed by atoms with E-state index in [1.807, 2.05) is 0 Å². The van der Waals surface area contributed by atoms with Gasteiger partial charge < -0.3 is 10.8 Å². The Morgan fingerprint density at radius 3 is 2.94 bits per heavy atom. The van der Waals surface area contributed by atoms with Gasteiger partial charge in [0.15, 0.2) is 0 Å². The van der Waals surface area contributed by atoms with Crippen LogP contribution in [0.5, 0.6) is 0 Å². The molecular formula is C9H10N4O3. The van der Waals surface area contributed by atoms with Crippen molar-refractivity contribution in [2.24, 2.45) is 0 Å². The van der Waals surface area contributed by atoms with Crippen LogP contribution < -0.4 is 5.73 Å². The number of nitro benzene ring substituents is 1. The third kappa shape index (κ3) is 1.47. The molecule has 7 heteroatoms. The Morgan fingerprint density at radius 2 is 2.31 bits per heavy atom. The van der Waals surface area contributed by atoms with Gasteiger partial charge in [-0.25, -0.2) is 0 Å². The molecule has 0 saturated carbocycles. The Balaban J connectivity index is 2.64. The zero-order chi connectivity index (χ0) is 11.7. The second-order valence-corrected chi connectivity index (χ2v) is 3.28. The van der Waals surface area contributed by atoms with Crippen LogP contribution in [0.3, 0.4) is 0 Å². The van der Waals surface area contributed by atoms with Crippen LogP contribution in [0.25, 0.3) is 10.9 Å². The van der Waals surface area contributed by atoms with Crippen molar-refractivity contribution in [2.75, 3.05) is 12.3 Å². The molecule has 0 atom stereocenters. The molecule has 0 bridgehead atoms. The summed E-state index contributed by atoms with van der Waals surface area (Å²) in [4.78, 5) is 10.1. The van der Waals surface area contributed by atoms with Crippen molar-refractivity contribution in [3.8, 4) is 0 Å². The summed E-state index contributed by atoms with van der Waals surface area (Å²) in [6, 6.07) is 2.92. The number of rotatable bonds is 3. The summed E-state index contributed by atoms with van der Waals surface area (Å²) in [5.74, 6) is 0. The zero-order valence-corrected chi connectivity index (χ0v) is 8.33. The van der Waals surface area contributed by atoms with Gasteiger partial charge in [0.25, 0.3) is 5.69 Å². The van der Waals surface area contributed by atoms with Crippen molar-refractivity contribution >= 4 is 22.3 Å². The molecular weight excluding hydrogens is 212 g/mol. The van der Waals surface area contributed by atoms with Crippen LogP contribution in [0.15, 0.2) is 18.3 Å². The Morgan fingerprint density at radius 1 is 1.56 bits per heavy atom. The highest BCUT2D eigenvalue weighted by atomic mass is 16.6. The van der Waals surface area contributed by atoms with E-state index >= 15 is 0 Å². The lowest BCUT2D eigenvalue weighted by atomic mass is 10.2. The SMILES string of the molecule is Nc1c([N+](=O)[O-])ccc2c1cnn2CCO. The molecule has 2 aromatic rings. The third-order valence-corrected chi connectivity index (χ3v) is 2.35. The van der Waals surface area contributed by atoms with E-state index in [0.717, 1.165) is 0 Å². The number of aliphatic hydroxyl groups excluding tert-OH is 1. The van der Waals surface area contributed by atoms with Crippen LogP contribution in [-0.4, -0.2) is 26.4 Å². The van der Waals surface area contributed by atoms with E-state index in [-0.39, 0.29) is 18.0 Å². The molecule has 0 saturated heterocycles. The van der Waals surface area contributed by atoms with E-state index < -0.39 is 4.92 Å². The molecule has 0 aliphatic carbocycles. The Kier molecular flexibility index (Phi) is 2.45. The lowest BCUT2D eigenvalue weighted by Gasteiger charge is -2.01. The van der Waals surface area contributed by atoms with Crippen molar-refractivity contribution in [1.29, 1.82) is 0 Å². The highest BCUT2D eigenvalue weighted by Crippen LogP contribution is 2.29. The minimum atomic E-state index is -0.530. The summed E-state index contributed by atoms with van der Waals surface area (Å²) >= 11 is 0. The summed E-state index contributed by atoms with van der Waals surface area (Å²) < 4.78 is 1.55. The normalized spacial score (nSPS) is 10.8. The van der Waals surface area contributed by atoms with Gasteiger partial charge in [0.05, 0.1) is 29.8 Å². The van der Waals surface area contributed by atoms with E-state index in [2.05, 4.69) is 5.10 Å². The topological polar surface area (TPSA) is 107 Å². The maximum atomic E-state index is 10.7. The molecule has 0 spiro atoms. The molecule has 0 fully saturated rings.